The molecule has 2 rings (SSSR count). The minimum absolute atomic E-state index is 0.0205. The lowest BCUT2D eigenvalue weighted by atomic mass is 9.93. The molecule has 5 heteroatoms. The zero-order valence-electron chi connectivity index (χ0n) is 12.0. The molecule has 1 amide bonds. The van der Waals surface area contributed by atoms with Crippen LogP contribution in [0.25, 0.3) is 0 Å². The third kappa shape index (κ3) is 3.69. The topological polar surface area (TPSA) is 58.6 Å². The molecule has 0 bridgehead atoms. The van der Waals surface area contributed by atoms with Crippen LogP contribution in [0.2, 0.25) is 0 Å². The number of nitrogens with zero attached hydrogens (tertiary/aromatic N) is 1. The molecule has 0 aromatic carbocycles. The van der Waals surface area contributed by atoms with E-state index in [4.69, 9.17) is 4.74 Å². The molecular formula is C14H24N2O3. The average Bonchev–Trinajstić information content (AvgIpc) is 3.21. The summed E-state index contributed by atoms with van der Waals surface area (Å²) in [5.41, 5.74) is 0. The Labute approximate surface area is 114 Å². The van der Waals surface area contributed by atoms with Crippen LogP contribution in [0.5, 0.6) is 0 Å². The maximum atomic E-state index is 11.8. The number of ether oxygens (including phenoxy) is 1. The maximum Gasteiger partial charge on any atom is 0.310 e. The molecule has 2 aliphatic rings. The Morgan fingerprint density at radius 1 is 1.26 bits per heavy atom. The first-order valence-corrected chi connectivity index (χ1v) is 7.13. The second kappa shape index (κ2) is 5.90. The molecule has 19 heavy (non-hydrogen) atoms. The van der Waals surface area contributed by atoms with Crippen LogP contribution in [0.1, 0.15) is 33.1 Å². The molecule has 1 heterocycles. The summed E-state index contributed by atoms with van der Waals surface area (Å²) < 4.78 is 4.86. The Morgan fingerprint density at radius 2 is 1.95 bits per heavy atom. The number of carbonyl (C=O) groups is 2. The number of piperidine rings is 1. The van der Waals surface area contributed by atoms with Gasteiger partial charge in [0.1, 0.15) is 0 Å². The lowest BCUT2D eigenvalue weighted by Gasteiger charge is -2.37. The molecule has 0 aromatic heterocycles. The van der Waals surface area contributed by atoms with Crippen molar-refractivity contribution in [3.63, 3.8) is 0 Å². The van der Waals surface area contributed by atoms with Crippen molar-refractivity contribution >= 4 is 11.9 Å². The second-order valence-corrected chi connectivity index (χ2v) is 6.00. The summed E-state index contributed by atoms with van der Waals surface area (Å²) in [6.45, 7) is 5.39. The van der Waals surface area contributed by atoms with Crippen LogP contribution in [0.15, 0.2) is 0 Å². The van der Waals surface area contributed by atoms with E-state index in [0.29, 0.717) is 12.5 Å². The summed E-state index contributed by atoms with van der Waals surface area (Å²) >= 11 is 0. The van der Waals surface area contributed by atoms with E-state index in [1.165, 1.54) is 20.0 Å². The molecule has 0 radical (unpaired) electrons. The number of likely N-dealkylation sites (tertiary alicyclic amines) is 1. The van der Waals surface area contributed by atoms with Gasteiger partial charge < -0.3 is 10.1 Å². The fourth-order valence-corrected chi connectivity index (χ4v) is 2.68. The highest BCUT2D eigenvalue weighted by Gasteiger charge is 2.39. The Kier molecular flexibility index (Phi) is 4.45. The van der Waals surface area contributed by atoms with Gasteiger partial charge in [-0.05, 0) is 19.3 Å². The standard InChI is InChI=1S/C14H24N2O3/c1-9(2)13(17)15-11-6-10(14(18)19-3)7-16(8-11)12-4-5-12/h9-12H,4-8H2,1-3H3,(H,15,17). The van der Waals surface area contributed by atoms with E-state index in [2.05, 4.69) is 10.2 Å². The fourth-order valence-electron chi connectivity index (χ4n) is 2.68. The first kappa shape index (κ1) is 14.3. The number of amides is 1. The predicted molar refractivity (Wildman–Crippen MR) is 71.5 cm³/mol. The third-order valence-electron chi connectivity index (χ3n) is 3.95. The van der Waals surface area contributed by atoms with Crippen molar-refractivity contribution in [1.82, 2.24) is 10.2 Å². The van der Waals surface area contributed by atoms with E-state index >= 15 is 0 Å². The van der Waals surface area contributed by atoms with E-state index in [1.807, 2.05) is 13.8 Å². The van der Waals surface area contributed by atoms with E-state index in [1.54, 1.807) is 0 Å². The second-order valence-electron chi connectivity index (χ2n) is 6.00. The van der Waals surface area contributed by atoms with Gasteiger partial charge in [0.05, 0.1) is 13.0 Å². The van der Waals surface area contributed by atoms with Crippen LogP contribution in [-0.2, 0) is 14.3 Å². The number of hydrogen-bond acceptors (Lipinski definition) is 4. The van der Waals surface area contributed by atoms with Gasteiger partial charge in [0, 0.05) is 31.1 Å². The first-order chi connectivity index (χ1) is 9.01. The molecule has 0 spiro atoms. The summed E-state index contributed by atoms with van der Waals surface area (Å²) in [5.74, 6) is -0.231. The van der Waals surface area contributed by atoms with Gasteiger partial charge in [0.15, 0.2) is 0 Å². The van der Waals surface area contributed by atoms with Crippen molar-refractivity contribution in [3.05, 3.63) is 0 Å². The molecule has 1 aliphatic carbocycles. The van der Waals surface area contributed by atoms with E-state index in [9.17, 15) is 9.59 Å². The summed E-state index contributed by atoms with van der Waals surface area (Å²) in [6.07, 6.45) is 3.10. The van der Waals surface area contributed by atoms with Gasteiger partial charge in [-0.1, -0.05) is 13.8 Å². The summed E-state index contributed by atoms with van der Waals surface area (Å²) in [4.78, 5) is 25.9. The third-order valence-corrected chi connectivity index (χ3v) is 3.95. The van der Waals surface area contributed by atoms with Crippen LogP contribution >= 0.6 is 0 Å². The van der Waals surface area contributed by atoms with Gasteiger partial charge in [-0.15, -0.1) is 0 Å². The maximum absolute atomic E-state index is 11.8. The highest BCUT2D eigenvalue weighted by atomic mass is 16.5. The monoisotopic (exact) mass is 268 g/mol. The average molecular weight is 268 g/mol. The van der Waals surface area contributed by atoms with Crippen LogP contribution in [-0.4, -0.2) is 49.1 Å². The van der Waals surface area contributed by atoms with Crippen molar-refractivity contribution in [3.8, 4) is 0 Å². The van der Waals surface area contributed by atoms with Gasteiger partial charge >= 0.3 is 5.97 Å². The van der Waals surface area contributed by atoms with Crippen molar-refractivity contribution in [1.29, 1.82) is 0 Å². The fraction of sp³-hybridized carbons (Fsp3) is 0.857. The summed E-state index contributed by atoms with van der Waals surface area (Å²) in [7, 11) is 1.43. The molecule has 108 valence electrons. The van der Waals surface area contributed by atoms with Crippen molar-refractivity contribution < 1.29 is 14.3 Å². The highest BCUT2D eigenvalue weighted by Crippen LogP contribution is 2.31. The molecule has 1 aliphatic heterocycles. The lowest BCUT2D eigenvalue weighted by Crippen LogP contribution is -2.53. The molecule has 2 atom stereocenters. The summed E-state index contributed by atoms with van der Waals surface area (Å²) in [6, 6.07) is 0.666. The molecule has 0 aromatic rings. The number of esters is 1. The van der Waals surface area contributed by atoms with E-state index in [0.717, 1.165) is 13.1 Å². The molecule has 2 unspecified atom stereocenters. The van der Waals surface area contributed by atoms with Crippen LogP contribution < -0.4 is 5.32 Å². The minimum Gasteiger partial charge on any atom is -0.469 e. The predicted octanol–water partition coefficient (Wildman–Crippen LogP) is 0.785. The quantitative estimate of drug-likeness (QED) is 0.766. The van der Waals surface area contributed by atoms with Crippen LogP contribution in [0, 0.1) is 11.8 Å². The zero-order valence-corrected chi connectivity index (χ0v) is 12.0. The molecule has 2 fully saturated rings. The number of hydrogen-bond donors (Lipinski definition) is 1. The Bertz CT molecular complexity index is 353. The highest BCUT2D eigenvalue weighted by molar-refractivity contribution is 5.78. The lowest BCUT2D eigenvalue weighted by molar-refractivity contribution is -0.148. The van der Waals surface area contributed by atoms with Crippen LogP contribution in [0.4, 0.5) is 0 Å². The number of methoxy groups -OCH3 is 1. The Morgan fingerprint density at radius 3 is 2.47 bits per heavy atom. The number of nitrogens with one attached hydrogen (secondary N) is 1. The first-order valence-electron chi connectivity index (χ1n) is 7.13. The van der Waals surface area contributed by atoms with Gasteiger partial charge in [-0.3, -0.25) is 14.5 Å². The van der Waals surface area contributed by atoms with Gasteiger partial charge in [0.25, 0.3) is 0 Å². The molecule has 1 saturated heterocycles. The molecule has 1 N–H and O–H groups in total. The summed E-state index contributed by atoms with van der Waals surface area (Å²) in [5, 5.41) is 3.05. The molecule has 5 nitrogen and oxygen atoms in total. The van der Waals surface area contributed by atoms with Crippen LogP contribution in [0.3, 0.4) is 0 Å². The number of rotatable bonds is 4. The minimum atomic E-state index is -0.158. The number of carbonyl (C=O) groups excluding carboxylic acids is 2. The largest absolute Gasteiger partial charge is 0.469 e. The normalized spacial score (nSPS) is 28.2. The van der Waals surface area contributed by atoms with E-state index < -0.39 is 0 Å². The smallest absolute Gasteiger partial charge is 0.310 e. The SMILES string of the molecule is COC(=O)C1CC(NC(=O)C(C)C)CN(C2CC2)C1. The molecular weight excluding hydrogens is 244 g/mol. The van der Waals surface area contributed by atoms with Gasteiger partial charge in [-0.25, -0.2) is 0 Å². The van der Waals surface area contributed by atoms with Gasteiger partial charge in [-0.2, -0.15) is 0 Å². The zero-order chi connectivity index (χ0) is 14.0. The van der Waals surface area contributed by atoms with Crippen molar-refractivity contribution in [2.75, 3.05) is 20.2 Å². The Balaban J connectivity index is 1.97. The van der Waals surface area contributed by atoms with E-state index in [-0.39, 0.29) is 29.8 Å². The van der Waals surface area contributed by atoms with Crippen molar-refractivity contribution in [2.45, 2.75) is 45.2 Å². The van der Waals surface area contributed by atoms with Crippen molar-refractivity contribution in [2.24, 2.45) is 11.8 Å². The Hall–Kier alpha value is -1.10. The van der Waals surface area contributed by atoms with Gasteiger partial charge in [0.2, 0.25) is 5.91 Å². The molecule has 1 saturated carbocycles.